The molecule has 0 spiro atoms. The molecule has 2 N–H and O–H groups in total. The van der Waals surface area contributed by atoms with Gasteiger partial charge in [-0.05, 0) is 42.9 Å². The Hall–Kier alpha value is -2.71. The summed E-state index contributed by atoms with van der Waals surface area (Å²) in [5, 5.41) is 11.2. The molecule has 6 rings (SSSR count). The number of aromatic amines is 1. The fourth-order valence-electron chi connectivity index (χ4n) is 5.90. The number of anilines is 1. The molecule has 0 amide bonds. The van der Waals surface area contributed by atoms with Gasteiger partial charge in [-0.15, -0.1) is 11.3 Å². The molecule has 2 aliphatic rings. The Kier molecular flexibility index (Phi) is 5.65. The number of hydrogen-bond acceptors (Lipinski definition) is 6. The fraction of sp³-hybridized carbons (Fsp3) is 0.500. The zero-order chi connectivity index (χ0) is 23.2. The molecule has 1 aliphatic carbocycles. The van der Waals surface area contributed by atoms with E-state index in [0.717, 1.165) is 51.9 Å². The van der Waals surface area contributed by atoms with Gasteiger partial charge in [-0.3, -0.25) is 4.79 Å². The van der Waals surface area contributed by atoms with E-state index in [4.69, 9.17) is 4.98 Å². The third-order valence-corrected chi connectivity index (χ3v) is 9.16. The van der Waals surface area contributed by atoms with Gasteiger partial charge in [-0.2, -0.15) is 0 Å². The lowest BCUT2D eigenvalue weighted by atomic mass is 9.84. The van der Waals surface area contributed by atoms with Crippen LogP contribution in [0.2, 0.25) is 0 Å². The minimum atomic E-state index is -0.108. The summed E-state index contributed by atoms with van der Waals surface area (Å²) in [6, 6.07) is 7.01. The number of nitrogens with zero attached hydrogens (tertiary/aromatic N) is 4. The summed E-state index contributed by atoms with van der Waals surface area (Å²) in [5.74, 6) is 1.07. The maximum atomic E-state index is 12.8. The molecule has 1 aliphatic heterocycles. The lowest BCUT2D eigenvalue weighted by Gasteiger charge is -2.29. The molecule has 1 saturated heterocycles. The number of rotatable bonds is 5. The van der Waals surface area contributed by atoms with Crippen LogP contribution in [0.5, 0.6) is 0 Å². The standard InChI is InChI=1S/C26H31N5O2S/c1-2-16-4-3-5-19(10-16)31-15-29-20-11-18(6-7-21(20)31)24-23-22(25(33)28-14-27-23)26(34-24)30-9-8-17(12-30)13-32/h6-7,11,14-17,19,32H,2-5,8-10,12-13H2,1H3,(H,27,28,33)/t16-,17+,19-/m1/s1. The summed E-state index contributed by atoms with van der Waals surface area (Å²) in [6.07, 6.45) is 10.8. The van der Waals surface area contributed by atoms with E-state index in [2.05, 4.69) is 44.6 Å². The highest BCUT2D eigenvalue weighted by Gasteiger charge is 2.28. The molecule has 1 aromatic carbocycles. The number of imidazole rings is 1. The van der Waals surface area contributed by atoms with Crippen molar-refractivity contribution in [1.82, 2.24) is 19.5 Å². The van der Waals surface area contributed by atoms with E-state index in [0.29, 0.717) is 11.4 Å². The molecule has 4 heterocycles. The van der Waals surface area contributed by atoms with Crippen molar-refractivity contribution in [3.63, 3.8) is 0 Å². The first-order valence-electron chi connectivity index (χ1n) is 12.5. The van der Waals surface area contributed by atoms with Gasteiger partial charge in [-0.1, -0.05) is 32.3 Å². The Morgan fingerprint density at radius 3 is 2.94 bits per heavy atom. The molecule has 8 heteroatoms. The number of benzene rings is 1. The van der Waals surface area contributed by atoms with E-state index < -0.39 is 0 Å². The molecular formula is C26H31N5O2S. The Morgan fingerprint density at radius 1 is 1.21 bits per heavy atom. The van der Waals surface area contributed by atoms with Gasteiger partial charge in [0.1, 0.15) is 10.4 Å². The quantitative estimate of drug-likeness (QED) is 0.424. The van der Waals surface area contributed by atoms with Crippen LogP contribution in [0.4, 0.5) is 5.00 Å². The van der Waals surface area contributed by atoms with Gasteiger partial charge >= 0.3 is 0 Å². The van der Waals surface area contributed by atoms with Crippen LogP contribution < -0.4 is 10.5 Å². The van der Waals surface area contributed by atoms with Gasteiger partial charge < -0.3 is 19.6 Å². The van der Waals surface area contributed by atoms with E-state index in [1.54, 1.807) is 11.3 Å². The Labute approximate surface area is 202 Å². The van der Waals surface area contributed by atoms with Crippen molar-refractivity contribution in [1.29, 1.82) is 0 Å². The normalized spacial score (nSPS) is 23.4. The average Bonchev–Trinajstić information content (AvgIpc) is 3.60. The van der Waals surface area contributed by atoms with Gasteiger partial charge in [-0.25, -0.2) is 9.97 Å². The third kappa shape index (κ3) is 3.64. The Balaban J connectivity index is 1.40. The molecule has 0 bridgehead atoms. The minimum Gasteiger partial charge on any atom is -0.396 e. The summed E-state index contributed by atoms with van der Waals surface area (Å²) < 4.78 is 2.38. The summed E-state index contributed by atoms with van der Waals surface area (Å²) in [4.78, 5) is 28.2. The van der Waals surface area contributed by atoms with Crippen molar-refractivity contribution in [3.05, 3.63) is 41.2 Å². The number of thiophene rings is 1. The van der Waals surface area contributed by atoms with Gasteiger partial charge in [0.2, 0.25) is 0 Å². The summed E-state index contributed by atoms with van der Waals surface area (Å²) in [5.41, 5.74) is 3.86. The van der Waals surface area contributed by atoms with Crippen LogP contribution in [0.3, 0.4) is 0 Å². The van der Waals surface area contributed by atoms with Crippen LogP contribution in [0, 0.1) is 11.8 Å². The zero-order valence-electron chi connectivity index (χ0n) is 19.5. The number of aliphatic hydroxyl groups is 1. The van der Waals surface area contributed by atoms with Crippen LogP contribution >= 0.6 is 11.3 Å². The van der Waals surface area contributed by atoms with Crippen molar-refractivity contribution in [2.45, 2.75) is 51.5 Å². The van der Waals surface area contributed by atoms with Crippen LogP contribution in [0.15, 0.2) is 35.6 Å². The fourth-order valence-corrected chi connectivity index (χ4v) is 7.18. The van der Waals surface area contributed by atoms with Crippen LogP contribution in [-0.4, -0.2) is 44.3 Å². The number of aromatic nitrogens is 4. The monoisotopic (exact) mass is 477 g/mol. The molecule has 0 radical (unpaired) electrons. The molecule has 7 nitrogen and oxygen atoms in total. The van der Waals surface area contributed by atoms with Gasteiger partial charge in [0.05, 0.1) is 34.1 Å². The van der Waals surface area contributed by atoms with Crippen LogP contribution in [0.1, 0.15) is 51.5 Å². The topological polar surface area (TPSA) is 87.0 Å². The average molecular weight is 478 g/mol. The molecule has 3 atom stereocenters. The van der Waals surface area contributed by atoms with E-state index >= 15 is 0 Å². The van der Waals surface area contributed by atoms with Gasteiger partial charge in [0.25, 0.3) is 5.56 Å². The highest BCUT2D eigenvalue weighted by Crippen LogP contribution is 2.44. The van der Waals surface area contributed by atoms with E-state index in [1.807, 2.05) is 6.33 Å². The lowest BCUT2D eigenvalue weighted by Crippen LogP contribution is -2.21. The summed E-state index contributed by atoms with van der Waals surface area (Å²) >= 11 is 1.62. The van der Waals surface area contributed by atoms with E-state index in [-0.39, 0.29) is 18.1 Å². The molecule has 178 valence electrons. The van der Waals surface area contributed by atoms with Crippen molar-refractivity contribution in [2.75, 3.05) is 24.6 Å². The second kappa shape index (κ2) is 8.82. The lowest BCUT2D eigenvalue weighted by molar-refractivity contribution is 0.239. The second-order valence-electron chi connectivity index (χ2n) is 9.92. The molecular weight excluding hydrogens is 446 g/mol. The first-order chi connectivity index (χ1) is 16.7. The largest absolute Gasteiger partial charge is 0.396 e. The van der Waals surface area contributed by atoms with Crippen molar-refractivity contribution in [2.24, 2.45) is 11.8 Å². The van der Waals surface area contributed by atoms with Crippen molar-refractivity contribution >= 4 is 38.3 Å². The number of fused-ring (bicyclic) bond motifs is 2. The molecule has 4 aromatic rings. The van der Waals surface area contributed by atoms with Crippen molar-refractivity contribution < 1.29 is 5.11 Å². The highest BCUT2D eigenvalue weighted by atomic mass is 32.1. The smallest absolute Gasteiger partial charge is 0.261 e. The zero-order valence-corrected chi connectivity index (χ0v) is 20.4. The maximum absolute atomic E-state index is 12.8. The van der Waals surface area contributed by atoms with Crippen molar-refractivity contribution in [3.8, 4) is 10.4 Å². The number of aliphatic hydroxyl groups excluding tert-OH is 1. The minimum absolute atomic E-state index is 0.108. The number of nitrogens with one attached hydrogen (secondary N) is 1. The second-order valence-corrected chi connectivity index (χ2v) is 10.9. The van der Waals surface area contributed by atoms with Gasteiger partial charge in [0, 0.05) is 31.7 Å². The molecule has 3 aromatic heterocycles. The molecule has 1 saturated carbocycles. The summed E-state index contributed by atoms with van der Waals surface area (Å²) in [6.45, 7) is 4.10. The first-order valence-corrected chi connectivity index (χ1v) is 13.3. The molecule has 2 fully saturated rings. The maximum Gasteiger partial charge on any atom is 0.261 e. The van der Waals surface area contributed by atoms with Crippen LogP contribution in [-0.2, 0) is 0 Å². The predicted octanol–water partition coefficient (Wildman–Crippen LogP) is 4.96. The van der Waals surface area contributed by atoms with E-state index in [9.17, 15) is 9.90 Å². The molecule has 34 heavy (non-hydrogen) atoms. The van der Waals surface area contributed by atoms with Crippen LogP contribution in [0.25, 0.3) is 32.4 Å². The predicted molar refractivity (Wildman–Crippen MR) is 138 cm³/mol. The van der Waals surface area contributed by atoms with E-state index in [1.165, 1.54) is 43.9 Å². The summed E-state index contributed by atoms with van der Waals surface area (Å²) in [7, 11) is 0. The Bertz CT molecular complexity index is 1390. The molecule has 0 unspecified atom stereocenters. The number of H-pyrrole nitrogens is 1. The first kappa shape index (κ1) is 21.8. The van der Waals surface area contributed by atoms with Gasteiger partial charge in [0.15, 0.2) is 0 Å². The highest BCUT2D eigenvalue weighted by molar-refractivity contribution is 7.21. The Morgan fingerprint density at radius 2 is 2.12 bits per heavy atom. The number of hydrogen-bond donors (Lipinski definition) is 2. The third-order valence-electron chi connectivity index (χ3n) is 7.87. The SMILES string of the molecule is CC[C@@H]1CCC[C@@H](n2cnc3cc(-c4sc(N5CC[C@H](CO)C5)c5c(=O)[nH]cnc45)ccc32)C1.